The van der Waals surface area contributed by atoms with Crippen molar-refractivity contribution < 1.29 is 19.8 Å². The Kier molecular flexibility index (Phi) is 2.70. The summed E-state index contributed by atoms with van der Waals surface area (Å²) in [6.45, 7) is 0. The Labute approximate surface area is 95.6 Å². The predicted octanol–water partition coefficient (Wildman–Crippen LogP) is 1.81. The minimum absolute atomic E-state index is 0.0915. The Bertz CT molecular complexity index is 504. The van der Waals surface area contributed by atoms with E-state index < -0.39 is 11.9 Å². The number of thioether (sulfide) groups is 1. The zero-order chi connectivity index (χ0) is 11.7. The highest BCUT2D eigenvalue weighted by Gasteiger charge is 2.27. The number of fused-ring (bicyclic) bond motifs is 1. The first kappa shape index (κ1) is 10.8. The number of aliphatic carboxylic acids is 2. The van der Waals surface area contributed by atoms with E-state index in [1.807, 2.05) is 12.1 Å². The zero-order valence-electron chi connectivity index (χ0n) is 8.14. The van der Waals surface area contributed by atoms with Crippen LogP contribution in [0.3, 0.4) is 0 Å². The molecule has 82 valence electrons. The second-order valence-corrected chi connectivity index (χ2v) is 4.25. The second kappa shape index (κ2) is 4.02. The lowest BCUT2D eigenvalue weighted by Gasteiger charge is -2.17. The second-order valence-electron chi connectivity index (χ2n) is 3.26. The van der Waals surface area contributed by atoms with Crippen molar-refractivity contribution in [2.45, 2.75) is 5.75 Å². The third-order valence-electron chi connectivity index (χ3n) is 2.29. The molecule has 0 atom stereocenters. The number of hydrogen-bond acceptors (Lipinski definition) is 3. The van der Waals surface area contributed by atoms with Gasteiger partial charge in [0.1, 0.15) is 4.91 Å². The van der Waals surface area contributed by atoms with Gasteiger partial charge in [-0.3, -0.25) is 0 Å². The Balaban J connectivity index is 2.67. The minimum atomic E-state index is -1.20. The molecule has 2 N–H and O–H groups in total. The molecule has 1 heterocycles. The summed E-state index contributed by atoms with van der Waals surface area (Å²) >= 11 is 1.05. The van der Waals surface area contributed by atoms with Crippen LogP contribution in [0.15, 0.2) is 29.2 Å². The van der Waals surface area contributed by atoms with Gasteiger partial charge in [0.2, 0.25) is 0 Å². The molecule has 0 amide bonds. The van der Waals surface area contributed by atoms with Crippen molar-refractivity contribution in [3.63, 3.8) is 0 Å². The highest BCUT2D eigenvalue weighted by atomic mass is 32.2. The molecule has 4 nitrogen and oxygen atoms in total. The van der Waals surface area contributed by atoms with E-state index in [9.17, 15) is 9.59 Å². The van der Waals surface area contributed by atoms with Gasteiger partial charge >= 0.3 is 11.9 Å². The molecular formula is C11H8O4S. The summed E-state index contributed by atoms with van der Waals surface area (Å²) in [5, 5.41) is 18.0. The molecule has 1 aliphatic rings. The molecule has 0 unspecified atom stereocenters. The summed E-state index contributed by atoms with van der Waals surface area (Å²) in [7, 11) is 0. The van der Waals surface area contributed by atoms with E-state index in [-0.39, 0.29) is 10.5 Å². The number of hydrogen-bond donors (Lipinski definition) is 2. The molecule has 5 heteroatoms. The van der Waals surface area contributed by atoms with Crippen molar-refractivity contribution in [3.8, 4) is 0 Å². The fraction of sp³-hybridized carbons (Fsp3) is 0.0909. The number of carboxylic acids is 2. The van der Waals surface area contributed by atoms with Crippen LogP contribution in [0.2, 0.25) is 0 Å². The summed E-state index contributed by atoms with van der Waals surface area (Å²) in [5.74, 6) is -1.89. The quantitative estimate of drug-likeness (QED) is 0.819. The van der Waals surface area contributed by atoms with Crippen LogP contribution in [0, 0.1) is 0 Å². The third kappa shape index (κ3) is 1.69. The molecule has 0 spiro atoms. The lowest BCUT2D eigenvalue weighted by atomic mass is 10.00. The molecule has 0 bridgehead atoms. The molecular weight excluding hydrogens is 228 g/mol. The molecule has 0 radical (unpaired) electrons. The maximum absolute atomic E-state index is 11.1. The van der Waals surface area contributed by atoms with E-state index >= 15 is 0 Å². The maximum Gasteiger partial charge on any atom is 0.343 e. The molecule has 0 aliphatic carbocycles. The lowest BCUT2D eigenvalue weighted by Crippen LogP contribution is -2.13. The molecule has 0 saturated heterocycles. The summed E-state index contributed by atoms with van der Waals surface area (Å²) in [6, 6.07) is 6.97. The van der Waals surface area contributed by atoms with Gasteiger partial charge in [0.15, 0.2) is 0 Å². The minimum Gasteiger partial charge on any atom is -0.478 e. The Hall–Kier alpha value is -1.75. The van der Waals surface area contributed by atoms with Crippen LogP contribution in [0.4, 0.5) is 0 Å². The standard InChI is InChI=1S/C11H8O4S/c12-10(13)8-7-4-2-1-3-6(7)5-16-9(8)11(14)15/h1-4H,5H2,(H,12,13)(H,14,15). The van der Waals surface area contributed by atoms with E-state index in [1.54, 1.807) is 12.1 Å². The topological polar surface area (TPSA) is 74.6 Å². The normalized spacial score (nSPS) is 14.5. The van der Waals surface area contributed by atoms with Crippen LogP contribution in [0.1, 0.15) is 11.1 Å². The van der Waals surface area contributed by atoms with Gasteiger partial charge in [0, 0.05) is 5.75 Å². The molecule has 16 heavy (non-hydrogen) atoms. The van der Waals surface area contributed by atoms with Gasteiger partial charge in [-0.05, 0) is 11.1 Å². The van der Waals surface area contributed by atoms with Gasteiger partial charge in [-0.15, -0.1) is 11.8 Å². The third-order valence-corrected chi connectivity index (χ3v) is 3.42. The highest BCUT2D eigenvalue weighted by molar-refractivity contribution is 8.03. The fourth-order valence-corrected chi connectivity index (χ4v) is 2.63. The predicted molar refractivity (Wildman–Crippen MR) is 59.9 cm³/mol. The van der Waals surface area contributed by atoms with Crippen LogP contribution < -0.4 is 0 Å². The summed E-state index contributed by atoms with van der Waals surface area (Å²) in [4.78, 5) is 21.9. The SMILES string of the molecule is O=C(O)C1=C(C(=O)O)c2ccccc2CS1. The summed E-state index contributed by atoms with van der Waals surface area (Å²) in [5.41, 5.74) is 1.25. The molecule has 1 aromatic rings. The lowest BCUT2D eigenvalue weighted by molar-refractivity contribution is -0.133. The van der Waals surface area contributed by atoms with Gasteiger partial charge in [0.05, 0.1) is 5.57 Å². The van der Waals surface area contributed by atoms with E-state index in [4.69, 9.17) is 10.2 Å². The monoisotopic (exact) mass is 236 g/mol. The van der Waals surface area contributed by atoms with E-state index in [0.29, 0.717) is 11.3 Å². The van der Waals surface area contributed by atoms with Gasteiger partial charge < -0.3 is 10.2 Å². The van der Waals surface area contributed by atoms with Crippen LogP contribution in [0.5, 0.6) is 0 Å². The number of rotatable bonds is 2. The summed E-state index contributed by atoms with van der Waals surface area (Å²) in [6.07, 6.45) is 0. The molecule has 1 aliphatic heterocycles. The highest BCUT2D eigenvalue weighted by Crippen LogP contribution is 2.37. The van der Waals surface area contributed by atoms with Gasteiger partial charge in [-0.25, -0.2) is 9.59 Å². The Morgan fingerprint density at radius 1 is 1.12 bits per heavy atom. The van der Waals surface area contributed by atoms with Gasteiger partial charge in [0.25, 0.3) is 0 Å². The molecule has 2 rings (SSSR count). The van der Waals surface area contributed by atoms with Crippen molar-refractivity contribution in [2.75, 3.05) is 0 Å². The van der Waals surface area contributed by atoms with E-state index in [2.05, 4.69) is 0 Å². The first-order valence-electron chi connectivity index (χ1n) is 4.53. The van der Waals surface area contributed by atoms with Crippen LogP contribution in [-0.2, 0) is 15.3 Å². The van der Waals surface area contributed by atoms with Crippen molar-refractivity contribution in [1.29, 1.82) is 0 Å². The van der Waals surface area contributed by atoms with Crippen molar-refractivity contribution in [2.24, 2.45) is 0 Å². The maximum atomic E-state index is 11.1. The van der Waals surface area contributed by atoms with Crippen molar-refractivity contribution >= 4 is 29.3 Å². The van der Waals surface area contributed by atoms with Gasteiger partial charge in [-0.2, -0.15) is 0 Å². The van der Waals surface area contributed by atoms with Crippen molar-refractivity contribution in [1.82, 2.24) is 0 Å². The Morgan fingerprint density at radius 2 is 1.81 bits per heavy atom. The molecule has 0 aromatic heterocycles. The number of carboxylic acid groups (broad SMARTS) is 2. The largest absolute Gasteiger partial charge is 0.478 e. The van der Waals surface area contributed by atoms with Gasteiger partial charge in [-0.1, -0.05) is 24.3 Å². The average molecular weight is 236 g/mol. The molecule has 0 saturated carbocycles. The average Bonchev–Trinajstić information content (AvgIpc) is 2.27. The van der Waals surface area contributed by atoms with Crippen LogP contribution >= 0.6 is 11.8 Å². The first-order chi connectivity index (χ1) is 7.61. The smallest absolute Gasteiger partial charge is 0.343 e. The van der Waals surface area contributed by atoms with E-state index in [1.165, 1.54) is 0 Å². The number of carbonyl (C=O) groups is 2. The van der Waals surface area contributed by atoms with Crippen LogP contribution in [0.25, 0.3) is 5.57 Å². The van der Waals surface area contributed by atoms with Crippen LogP contribution in [-0.4, -0.2) is 22.2 Å². The number of benzene rings is 1. The zero-order valence-corrected chi connectivity index (χ0v) is 8.95. The fourth-order valence-electron chi connectivity index (χ4n) is 1.62. The first-order valence-corrected chi connectivity index (χ1v) is 5.51. The van der Waals surface area contributed by atoms with E-state index in [0.717, 1.165) is 17.3 Å². The molecule has 0 fully saturated rings. The Morgan fingerprint density at radius 3 is 2.44 bits per heavy atom. The van der Waals surface area contributed by atoms with Crippen molar-refractivity contribution in [3.05, 3.63) is 40.3 Å². The molecule has 1 aromatic carbocycles. The summed E-state index contributed by atoms with van der Waals surface area (Å²) < 4.78 is 0.